The van der Waals surface area contributed by atoms with E-state index >= 15 is 0 Å². The van der Waals surface area contributed by atoms with Crippen molar-refractivity contribution in [2.24, 2.45) is 13.0 Å². The van der Waals surface area contributed by atoms with E-state index in [0.29, 0.717) is 23.9 Å². The van der Waals surface area contributed by atoms with E-state index in [9.17, 15) is 8.42 Å². The van der Waals surface area contributed by atoms with Gasteiger partial charge in [-0.05, 0) is 24.9 Å². The number of nitrogens with zero attached hydrogens (tertiary/aromatic N) is 1. The van der Waals surface area contributed by atoms with Crippen molar-refractivity contribution >= 4 is 10.0 Å². The number of rotatable bonds is 9. The molecule has 0 bridgehead atoms. The monoisotopic (exact) mass is 301 g/mol. The minimum absolute atomic E-state index is 0.344. The van der Waals surface area contributed by atoms with Crippen molar-refractivity contribution in [1.82, 2.24) is 14.6 Å². The third-order valence-electron chi connectivity index (χ3n) is 3.44. The molecule has 0 spiro atoms. The van der Waals surface area contributed by atoms with E-state index in [1.165, 1.54) is 0 Å². The molecule has 0 amide bonds. The first-order valence-electron chi connectivity index (χ1n) is 7.26. The number of nitrogens with one attached hydrogen (secondary N) is 2. The van der Waals surface area contributed by atoms with Gasteiger partial charge in [-0.25, -0.2) is 13.1 Å². The van der Waals surface area contributed by atoms with Crippen LogP contribution in [0.5, 0.6) is 0 Å². The molecule has 6 heteroatoms. The summed E-state index contributed by atoms with van der Waals surface area (Å²) in [6.45, 7) is 8.29. The maximum Gasteiger partial charge on any atom is 0.242 e. The van der Waals surface area contributed by atoms with Crippen molar-refractivity contribution in [3.63, 3.8) is 0 Å². The molecule has 0 aliphatic rings. The summed E-state index contributed by atoms with van der Waals surface area (Å²) >= 11 is 0. The molecule has 0 fully saturated rings. The largest absolute Gasteiger partial charge is 0.352 e. The lowest BCUT2D eigenvalue weighted by molar-refractivity contribution is 0.528. The van der Waals surface area contributed by atoms with Crippen LogP contribution in [0.4, 0.5) is 0 Å². The molecule has 0 aliphatic heterocycles. The van der Waals surface area contributed by atoms with E-state index < -0.39 is 10.0 Å². The Balaban J connectivity index is 2.73. The fraction of sp³-hybridized carbons (Fsp3) is 0.714. The number of aryl methyl sites for hydroxylation is 1. The number of aromatic nitrogens is 1. The summed E-state index contributed by atoms with van der Waals surface area (Å²) in [4.78, 5) is 0.344. The van der Waals surface area contributed by atoms with Gasteiger partial charge in [0.05, 0.1) is 4.90 Å². The highest BCUT2D eigenvalue weighted by Gasteiger charge is 2.17. The van der Waals surface area contributed by atoms with Crippen molar-refractivity contribution in [2.45, 2.75) is 45.1 Å². The van der Waals surface area contributed by atoms with Crippen LogP contribution >= 0.6 is 0 Å². The molecule has 116 valence electrons. The third kappa shape index (κ3) is 4.92. The zero-order valence-corrected chi connectivity index (χ0v) is 13.8. The van der Waals surface area contributed by atoms with Crippen LogP contribution in [0.25, 0.3) is 0 Å². The van der Waals surface area contributed by atoms with Crippen LogP contribution in [0.1, 0.15) is 39.3 Å². The Kier molecular flexibility index (Phi) is 6.71. The van der Waals surface area contributed by atoms with Gasteiger partial charge in [0, 0.05) is 32.0 Å². The molecule has 5 nitrogen and oxygen atoms in total. The molecule has 20 heavy (non-hydrogen) atoms. The van der Waals surface area contributed by atoms with E-state index in [4.69, 9.17) is 0 Å². The van der Waals surface area contributed by atoms with Crippen molar-refractivity contribution in [2.75, 3.05) is 13.1 Å². The summed E-state index contributed by atoms with van der Waals surface area (Å²) in [5.41, 5.74) is 0.974. The van der Waals surface area contributed by atoms with Crippen LogP contribution < -0.4 is 10.0 Å². The van der Waals surface area contributed by atoms with Crippen LogP contribution in [-0.4, -0.2) is 26.1 Å². The summed E-state index contributed by atoms with van der Waals surface area (Å²) in [6, 6.07) is 1.74. The quantitative estimate of drug-likeness (QED) is 0.684. The second-order valence-electron chi connectivity index (χ2n) is 5.32. The molecule has 1 aromatic rings. The Morgan fingerprint density at radius 2 is 2.05 bits per heavy atom. The highest BCUT2D eigenvalue weighted by Crippen LogP contribution is 2.14. The lowest BCUT2D eigenvalue weighted by Gasteiger charge is -2.09. The van der Waals surface area contributed by atoms with Gasteiger partial charge in [0.15, 0.2) is 0 Å². The molecule has 2 N–H and O–H groups in total. The first kappa shape index (κ1) is 17.2. The van der Waals surface area contributed by atoms with Gasteiger partial charge in [0.2, 0.25) is 10.0 Å². The standard InChI is InChI=1S/C14H27N3O2S/c1-5-7-15-10-13-8-14(11-17(13)4)20(18,19)16-9-12(3)6-2/h8,11-12,15-16H,5-7,9-10H2,1-4H3. The summed E-state index contributed by atoms with van der Waals surface area (Å²) in [5, 5.41) is 3.28. The molecular formula is C14H27N3O2S. The SMILES string of the molecule is CCCNCc1cc(S(=O)(=O)NCC(C)CC)cn1C. The molecule has 1 heterocycles. The molecule has 0 radical (unpaired) electrons. The smallest absolute Gasteiger partial charge is 0.242 e. The Hall–Kier alpha value is -0.850. The number of hydrogen-bond acceptors (Lipinski definition) is 3. The van der Waals surface area contributed by atoms with Crippen LogP contribution in [-0.2, 0) is 23.6 Å². The van der Waals surface area contributed by atoms with E-state index in [1.807, 2.05) is 18.5 Å². The molecule has 0 saturated carbocycles. The summed E-state index contributed by atoms with van der Waals surface area (Å²) in [6.07, 6.45) is 3.69. The molecule has 1 aromatic heterocycles. The average molecular weight is 301 g/mol. The van der Waals surface area contributed by atoms with Crippen LogP contribution in [0.3, 0.4) is 0 Å². The maximum atomic E-state index is 12.2. The second-order valence-corrected chi connectivity index (χ2v) is 7.09. The zero-order chi connectivity index (χ0) is 15.2. The van der Waals surface area contributed by atoms with E-state index in [0.717, 1.165) is 25.1 Å². The van der Waals surface area contributed by atoms with Crippen LogP contribution in [0.15, 0.2) is 17.2 Å². The van der Waals surface area contributed by atoms with Crippen LogP contribution in [0.2, 0.25) is 0 Å². The summed E-state index contributed by atoms with van der Waals surface area (Å²) in [5.74, 6) is 0.346. The Morgan fingerprint density at radius 3 is 2.65 bits per heavy atom. The van der Waals surface area contributed by atoms with Gasteiger partial charge in [-0.3, -0.25) is 0 Å². The second kappa shape index (κ2) is 7.81. The number of sulfonamides is 1. The molecular weight excluding hydrogens is 274 g/mol. The van der Waals surface area contributed by atoms with Gasteiger partial charge in [0.1, 0.15) is 0 Å². The molecule has 0 saturated heterocycles. The minimum atomic E-state index is -3.40. The fourth-order valence-electron chi connectivity index (χ4n) is 1.77. The molecule has 1 rings (SSSR count). The Labute approximate surface area is 122 Å². The molecule has 1 unspecified atom stereocenters. The topological polar surface area (TPSA) is 63.1 Å². The lowest BCUT2D eigenvalue weighted by Crippen LogP contribution is -2.28. The van der Waals surface area contributed by atoms with Gasteiger partial charge in [-0.2, -0.15) is 0 Å². The summed E-state index contributed by atoms with van der Waals surface area (Å²) in [7, 11) is -1.52. The highest BCUT2D eigenvalue weighted by atomic mass is 32.2. The van der Waals surface area contributed by atoms with E-state index in [2.05, 4.69) is 23.9 Å². The van der Waals surface area contributed by atoms with Gasteiger partial charge < -0.3 is 9.88 Å². The first-order valence-corrected chi connectivity index (χ1v) is 8.74. The van der Waals surface area contributed by atoms with E-state index in [-0.39, 0.29) is 0 Å². The predicted molar refractivity (Wildman–Crippen MR) is 82.1 cm³/mol. The van der Waals surface area contributed by atoms with Crippen molar-refractivity contribution in [3.8, 4) is 0 Å². The van der Waals surface area contributed by atoms with Gasteiger partial charge in [-0.15, -0.1) is 0 Å². The maximum absolute atomic E-state index is 12.2. The van der Waals surface area contributed by atoms with Crippen molar-refractivity contribution < 1.29 is 8.42 Å². The molecule has 1 atom stereocenters. The van der Waals surface area contributed by atoms with Crippen LogP contribution in [0, 0.1) is 5.92 Å². The Bertz CT molecular complexity index is 508. The molecule has 0 aromatic carbocycles. The van der Waals surface area contributed by atoms with Gasteiger partial charge in [-0.1, -0.05) is 27.2 Å². The van der Waals surface area contributed by atoms with E-state index in [1.54, 1.807) is 12.3 Å². The zero-order valence-electron chi connectivity index (χ0n) is 12.9. The number of hydrogen-bond donors (Lipinski definition) is 2. The van der Waals surface area contributed by atoms with Crippen molar-refractivity contribution in [1.29, 1.82) is 0 Å². The minimum Gasteiger partial charge on any atom is -0.352 e. The summed E-state index contributed by atoms with van der Waals surface area (Å²) < 4.78 is 28.9. The van der Waals surface area contributed by atoms with Gasteiger partial charge >= 0.3 is 0 Å². The highest BCUT2D eigenvalue weighted by molar-refractivity contribution is 7.89. The Morgan fingerprint density at radius 1 is 1.35 bits per heavy atom. The molecule has 0 aliphatic carbocycles. The predicted octanol–water partition coefficient (Wildman–Crippen LogP) is 1.85. The van der Waals surface area contributed by atoms with Crippen molar-refractivity contribution in [3.05, 3.63) is 18.0 Å². The lowest BCUT2D eigenvalue weighted by atomic mass is 10.1. The van der Waals surface area contributed by atoms with Gasteiger partial charge in [0.25, 0.3) is 0 Å². The average Bonchev–Trinajstić information content (AvgIpc) is 2.79. The first-order chi connectivity index (χ1) is 9.40. The fourth-order valence-corrected chi connectivity index (χ4v) is 3.03. The normalized spacial score (nSPS) is 13.6. The third-order valence-corrected chi connectivity index (χ3v) is 4.84.